The molecule has 2 N–H and O–H groups in total. The van der Waals surface area contributed by atoms with Gasteiger partial charge in [-0.25, -0.2) is 0 Å². The summed E-state index contributed by atoms with van der Waals surface area (Å²) >= 11 is 0. The maximum Gasteiger partial charge on any atom is 0.312 e. The van der Waals surface area contributed by atoms with Gasteiger partial charge < -0.3 is 24.4 Å². The van der Waals surface area contributed by atoms with E-state index in [9.17, 15) is 19.5 Å². The summed E-state index contributed by atoms with van der Waals surface area (Å²) < 4.78 is 15.5. The number of esters is 1. The van der Waals surface area contributed by atoms with Crippen molar-refractivity contribution in [3.8, 4) is 5.75 Å². The van der Waals surface area contributed by atoms with E-state index in [1.165, 1.54) is 33.1 Å². The zero-order valence-corrected chi connectivity index (χ0v) is 15.9. The minimum atomic E-state index is -1.46. The number of hydrogen-bond donors (Lipinski definition) is 2. The molecule has 0 aliphatic carbocycles. The molecule has 0 saturated carbocycles. The molecule has 150 valence electrons. The summed E-state index contributed by atoms with van der Waals surface area (Å²) in [5.41, 5.74) is -1.10. The Labute approximate surface area is 158 Å². The minimum Gasteiger partial charge on any atom is -0.490 e. The fraction of sp³-hybridized carbons (Fsp3) is 0.526. The number of ether oxygens (including phenoxy) is 3. The first-order valence-electron chi connectivity index (χ1n) is 8.47. The number of methoxy groups -OCH3 is 1. The molecular formula is C19H26O8. The standard InChI is InChI=1S/C19H26O8/c1-12(25-4)15(11-16(20)21)18(23)27-10-9-26-14-7-5-13(6-8-14)17(22)19(2,3)24/h5-8,12,15,24H,9-11H2,1-4H3,(H,20,21). The van der Waals surface area contributed by atoms with Crippen molar-refractivity contribution < 1.29 is 38.8 Å². The van der Waals surface area contributed by atoms with E-state index < -0.39 is 35.3 Å². The molecule has 0 amide bonds. The number of rotatable bonds is 11. The molecule has 1 aromatic carbocycles. The Morgan fingerprint density at radius 3 is 2.19 bits per heavy atom. The summed E-state index contributed by atoms with van der Waals surface area (Å²) in [6, 6.07) is 6.21. The van der Waals surface area contributed by atoms with Crippen molar-refractivity contribution >= 4 is 17.7 Å². The van der Waals surface area contributed by atoms with Gasteiger partial charge in [0, 0.05) is 12.7 Å². The van der Waals surface area contributed by atoms with Gasteiger partial charge in [0.15, 0.2) is 5.78 Å². The van der Waals surface area contributed by atoms with Crippen LogP contribution in [0.5, 0.6) is 5.75 Å². The van der Waals surface area contributed by atoms with Gasteiger partial charge in [0.1, 0.15) is 24.6 Å². The summed E-state index contributed by atoms with van der Waals surface area (Å²) in [7, 11) is 1.39. The fourth-order valence-corrected chi connectivity index (χ4v) is 2.26. The molecule has 2 unspecified atom stereocenters. The largest absolute Gasteiger partial charge is 0.490 e. The van der Waals surface area contributed by atoms with E-state index in [-0.39, 0.29) is 19.6 Å². The highest BCUT2D eigenvalue weighted by Gasteiger charge is 2.29. The average molecular weight is 382 g/mol. The number of carboxylic acids is 1. The molecule has 8 heteroatoms. The predicted octanol–water partition coefficient (Wildman–Crippen LogP) is 1.69. The number of Topliss-reactive ketones (excluding diaryl/α,β-unsaturated/α-hetero) is 1. The highest BCUT2D eigenvalue weighted by atomic mass is 16.6. The monoisotopic (exact) mass is 382 g/mol. The van der Waals surface area contributed by atoms with Crippen LogP contribution in [0.25, 0.3) is 0 Å². The summed E-state index contributed by atoms with van der Waals surface area (Å²) in [6.45, 7) is 4.43. The molecule has 0 aromatic heterocycles. The second kappa shape index (κ2) is 10.0. The van der Waals surface area contributed by atoms with Gasteiger partial charge in [-0.3, -0.25) is 14.4 Å². The van der Waals surface area contributed by atoms with Crippen LogP contribution in [0, 0.1) is 5.92 Å². The van der Waals surface area contributed by atoms with Crippen molar-refractivity contribution in [2.75, 3.05) is 20.3 Å². The molecule has 0 heterocycles. The zero-order chi connectivity index (χ0) is 20.6. The Balaban J connectivity index is 2.50. The topological polar surface area (TPSA) is 119 Å². The molecule has 27 heavy (non-hydrogen) atoms. The van der Waals surface area contributed by atoms with E-state index in [0.717, 1.165) is 0 Å². The van der Waals surface area contributed by atoms with E-state index in [4.69, 9.17) is 19.3 Å². The molecule has 0 aliphatic heterocycles. The fourth-order valence-electron chi connectivity index (χ4n) is 2.26. The molecule has 0 aliphatic rings. The van der Waals surface area contributed by atoms with E-state index in [2.05, 4.69) is 0 Å². The lowest BCUT2D eigenvalue weighted by Gasteiger charge is -2.19. The number of benzene rings is 1. The third-order valence-electron chi connectivity index (χ3n) is 3.90. The Morgan fingerprint density at radius 2 is 1.70 bits per heavy atom. The quantitative estimate of drug-likeness (QED) is 0.337. The summed E-state index contributed by atoms with van der Waals surface area (Å²) in [4.78, 5) is 34.8. The van der Waals surface area contributed by atoms with Crippen LogP contribution in [0.4, 0.5) is 0 Å². The van der Waals surface area contributed by atoms with Crippen molar-refractivity contribution in [2.24, 2.45) is 5.92 Å². The first-order chi connectivity index (χ1) is 12.6. The number of carboxylic acid groups (broad SMARTS) is 1. The lowest BCUT2D eigenvalue weighted by atomic mass is 9.97. The van der Waals surface area contributed by atoms with Crippen LogP contribution in [0.2, 0.25) is 0 Å². The highest BCUT2D eigenvalue weighted by Crippen LogP contribution is 2.17. The highest BCUT2D eigenvalue weighted by molar-refractivity contribution is 6.01. The van der Waals surface area contributed by atoms with Gasteiger partial charge in [0.2, 0.25) is 0 Å². The Kier molecular flexibility index (Phi) is 8.39. The van der Waals surface area contributed by atoms with E-state index in [1.807, 2.05) is 0 Å². The van der Waals surface area contributed by atoms with Crippen molar-refractivity contribution in [3.63, 3.8) is 0 Å². The third-order valence-corrected chi connectivity index (χ3v) is 3.90. The maximum atomic E-state index is 12.0. The van der Waals surface area contributed by atoms with Crippen molar-refractivity contribution in [3.05, 3.63) is 29.8 Å². The van der Waals surface area contributed by atoms with Crippen molar-refractivity contribution in [1.82, 2.24) is 0 Å². The summed E-state index contributed by atoms with van der Waals surface area (Å²) in [5.74, 6) is -2.62. The molecule has 0 saturated heterocycles. The minimum absolute atomic E-state index is 0.0598. The zero-order valence-electron chi connectivity index (χ0n) is 15.9. The Hall–Kier alpha value is -2.45. The number of aliphatic hydroxyl groups is 1. The lowest BCUT2D eigenvalue weighted by molar-refractivity contribution is -0.158. The first kappa shape index (κ1) is 22.6. The SMILES string of the molecule is COC(C)C(CC(=O)O)C(=O)OCCOc1ccc(C(=O)C(C)(C)O)cc1. The smallest absolute Gasteiger partial charge is 0.312 e. The number of ketones is 1. The molecule has 1 aromatic rings. The van der Waals surface area contributed by atoms with Crippen LogP contribution in [0.3, 0.4) is 0 Å². The third kappa shape index (κ3) is 7.36. The van der Waals surface area contributed by atoms with Gasteiger partial charge in [0.05, 0.1) is 18.4 Å². The van der Waals surface area contributed by atoms with Crippen LogP contribution >= 0.6 is 0 Å². The van der Waals surface area contributed by atoms with Crippen LogP contribution in [0.15, 0.2) is 24.3 Å². The lowest BCUT2D eigenvalue weighted by Crippen LogP contribution is -2.32. The van der Waals surface area contributed by atoms with E-state index >= 15 is 0 Å². The van der Waals surface area contributed by atoms with Gasteiger partial charge in [-0.05, 0) is 45.0 Å². The van der Waals surface area contributed by atoms with Gasteiger partial charge in [0.25, 0.3) is 0 Å². The maximum absolute atomic E-state index is 12.0. The van der Waals surface area contributed by atoms with Crippen molar-refractivity contribution in [1.29, 1.82) is 0 Å². The van der Waals surface area contributed by atoms with Crippen molar-refractivity contribution in [2.45, 2.75) is 38.9 Å². The predicted molar refractivity (Wildman–Crippen MR) is 95.7 cm³/mol. The average Bonchev–Trinajstić information content (AvgIpc) is 2.61. The molecule has 0 fully saturated rings. The van der Waals surface area contributed by atoms with Gasteiger partial charge in [-0.2, -0.15) is 0 Å². The second-order valence-electron chi connectivity index (χ2n) is 6.57. The van der Waals surface area contributed by atoms with Crippen LogP contribution < -0.4 is 4.74 Å². The number of aliphatic carboxylic acids is 1. The normalized spacial score (nSPS) is 13.5. The number of carbonyl (C=O) groups excluding carboxylic acids is 2. The molecule has 1 rings (SSSR count). The Morgan fingerprint density at radius 1 is 1.11 bits per heavy atom. The molecule has 0 bridgehead atoms. The summed E-state index contributed by atoms with van der Waals surface area (Å²) in [6.07, 6.45) is -0.971. The van der Waals surface area contributed by atoms with E-state index in [1.54, 1.807) is 19.1 Å². The van der Waals surface area contributed by atoms with Crippen LogP contribution in [-0.4, -0.2) is 60.0 Å². The second-order valence-corrected chi connectivity index (χ2v) is 6.57. The molecule has 8 nitrogen and oxygen atoms in total. The molecule has 2 atom stereocenters. The molecular weight excluding hydrogens is 356 g/mol. The first-order valence-corrected chi connectivity index (χ1v) is 8.47. The van der Waals surface area contributed by atoms with Gasteiger partial charge in [-0.15, -0.1) is 0 Å². The van der Waals surface area contributed by atoms with E-state index in [0.29, 0.717) is 11.3 Å². The van der Waals surface area contributed by atoms with Crippen LogP contribution in [-0.2, 0) is 19.1 Å². The van der Waals surface area contributed by atoms with Gasteiger partial charge in [-0.1, -0.05) is 0 Å². The van der Waals surface area contributed by atoms with Crippen LogP contribution in [0.1, 0.15) is 37.6 Å². The number of hydrogen-bond acceptors (Lipinski definition) is 7. The molecule has 0 spiro atoms. The number of carbonyl (C=O) groups is 3. The summed E-state index contributed by atoms with van der Waals surface area (Å²) in [5, 5.41) is 18.6. The van der Waals surface area contributed by atoms with Gasteiger partial charge >= 0.3 is 11.9 Å². The molecule has 0 radical (unpaired) electrons. The Bertz CT molecular complexity index is 645.